The van der Waals surface area contributed by atoms with Gasteiger partial charge in [-0.3, -0.25) is 28.5 Å². The second-order valence-corrected chi connectivity index (χ2v) is 23.5. The molecule has 9 rings (SSSR count). The van der Waals surface area contributed by atoms with Crippen LogP contribution in [0, 0.1) is 18.3 Å². The molecule has 4 aliphatic heterocycles. The van der Waals surface area contributed by atoms with E-state index < -0.39 is 35.7 Å². The van der Waals surface area contributed by atoms with Gasteiger partial charge >= 0.3 is 6.03 Å². The molecule has 2 aromatic carbocycles. The van der Waals surface area contributed by atoms with Gasteiger partial charge in [-0.2, -0.15) is 10.2 Å². The van der Waals surface area contributed by atoms with Crippen molar-refractivity contribution in [2.24, 2.45) is 18.4 Å². The summed E-state index contributed by atoms with van der Waals surface area (Å²) in [5.41, 5.74) is 8.52. The monoisotopic (exact) mass is 1150 g/mol. The van der Waals surface area contributed by atoms with E-state index >= 15 is 0 Å². The number of carbonyl (C=O) groups is 5. The number of anilines is 2. The summed E-state index contributed by atoms with van der Waals surface area (Å²) in [6.07, 6.45) is 4.27. The first-order valence-corrected chi connectivity index (χ1v) is 29.1. The molecule has 2 saturated heterocycles. The zero-order valence-corrected chi connectivity index (χ0v) is 48.4. The molecule has 1 unspecified atom stereocenters. The van der Waals surface area contributed by atoms with Gasteiger partial charge in [-0.25, -0.2) is 18.6 Å². The quantitative estimate of drug-likeness (QED) is 0.0647. The van der Waals surface area contributed by atoms with Crippen molar-refractivity contribution in [1.82, 2.24) is 55.2 Å². The van der Waals surface area contributed by atoms with Gasteiger partial charge in [0.15, 0.2) is 5.82 Å². The molecule has 0 bridgehead atoms. The lowest BCUT2D eigenvalue weighted by Gasteiger charge is -2.35. The van der Waals surface area contributed by atoms with E-state index in [4.69, 9.17) is 19.3 Å². The number of rotatable bonds is 21. The first-order chi connectivity index (χ1) is 39.4. The Morgan fingerprint density at radius 1 is 0.915 bits per heavy atom. The Balaban J connectivity index is 0.706. The fourth-order valence-corrected chi connectivity index (χ4v) is 12.3. The third-order valence-corrected chi connectivity index (χ3v) is 16.9. The van der Waals surface area contributed by atoms with Crippen molar-refractivity contribution in [3.63, 3.8) is 0 Å². The minimum absolute atomic E-state index is 0.0271. The molecule has 6 amide bonds. The van der Waals surface area contributed by atoms with Gasteiger partial charge in [-0.1, -0.05) is 45.0 Å². The molecule has 3 aromatic heterocycles. The molecule has 2 fully saturated rings. The molecule has 5 aromatic rings. The SMILES string of the molecule is CNC(=O)N1CCc2c(c(N3CCCc4cc(-c5cnn(C)c5)c(C(F)F)cc43)nn2C2CCN(C(=O)COCCOCCOCC(=O)N[C@H](C(=O)N3CC(CO)C[C@H]3C(=O)NCc3ccc(-c4scnc4C)cc3)C(C)(C)C)CC2)C1. The summed E-state index contributed by atoms with van der Waals surface area (Å²) in [6.45, 7) is 10.2. The maximum Gasteiger partial charge on any atom is 0.317 e. The number of likely N-dealkylation sites (tertiary alicyclic amines) is 2. The lowest BCUT2D eigenvalue weighted by molar-refractivity contribution is -0.144. The van der Waals surface area contributed by atoms with Crippen LogP contribution in [0.1, 0.15) is 92.6 Å². The van der Waals surface area contributed by atoms with Crippen LogP contribution in [0.3, 0.4) is 0 Å². The zero-order valence-electron chi connectivity index (χ0n) is 47.6. The number of thiazole rings is 1. The molecule has 0 radical (unpaired) electrons. The Kier molecular flexibility index (Phi) is 19.4. The molecule has 0 saturated carbocycles. The second kappa shape index (κ2) is 26.6. The van der Waals surface area contributed by atoms with Gasteiger partial charge in [0.25, 0.3) is 6.43 Å². The van der Waals surface area contributed by atoms with E-state index in [9.17, 15) is 37.9 Å². The molecule has 4 aliphatic rings. The minimum atomic E-state index is -2.72. The van der Waals surface area contributed by atoms with Gasteiger partial charge < -0.3 is 54.9 Å². The molecule has 3 atom stereocenters. The maximum atomic E-state index is 14.8. The van der Waals surface area contributed by atoms with Crippen molar-refractivity contribution in [3.05, 3.63) is 87.9 Å². The Labute approximate surface area is 480 Å². The number of piperidine rings is 1. The van der Waals surface area contributed by atoms with E-state index in [1.165, 1.54) is 4.90 Å². The summed E-state index contributed by atoms with van der Waals surface area (Å²) in [5.74, 6) is -1.04. The number of urea groups is 1. The zero-order chi connectivity index (χ0) is 58.2. The number of aromatic nitrogens is 5. The molecule has 82 heavy (non-hydrogen) atoms. The third-order valence-electron chi connectivity index (χ3n) is 15.9. The van der Waals surface area contributed by atoms with Crippen LogP contribution in [0.4, 0.5) is 25.1 Å². The Hall–Kier alpha value is -6.86. The maximum absolute atomic E-state index is 14.8. The lowest BCUT2D eigenvalue weighted by Crippen LogP contribution is -2.58. The second-order valence-electron chi connectivity index (χ2n) is 22.6. The minimum Gasteiger partial charge on any atom is -0.396 e. The van der Waals surface area contributed by atoms with E-state index in [0.29, 0.717) is 74.6 Å². The number of aliphatic hydroxyl groups is 1. The number of benzene rings is 2. The van der Waals surface area contributed by atoms with Crippen molar-refractivity contribution < 1.29 is 52.1 Å². The lowest BCUT2D eigenvalue weighted by atomic mass is 9.85. The largest absolute Gasteiger partial charge is 0.396 e. The number of alkyl halides is 2. The first kappa shape index (κ1) is 59.8. The molecule has 442 valence electrons. The summed E-state index contributed by atoms with van der Waals surface area (Å²) in [4.78, 5) is 79.7. The van der Waals surface area contributed by atoms with Crippen LogP contribution in [0.15, 0.2) is 54.3 Å². The molecular weight excluding hydrogens is 1080 g/mol. The number of hydrogen-bond acceptors (Lipinski definition) is 14. The van der Waals surface area contributed by atoms with E-state index in [0.717, 1.165) is 51.4 Å². The standard InChI is InChI=1S/C58H76F2N12O9S/c1-36-51(82-35-63-36)39-11-9-37(10-12-39)27-62-55(76)48-24-38(32-73)29-71(48)56(77)52(58(2,3)4)65-49(74)33-80-22-20-79-21-23-81-34-50(75)68-17-13-42(14-18-68)72-46-15-19-69(57(78)61-5)31-45(46)54(66-72)70-16-7-8-40-25-43(41-28-64-67(6)30-41)44(53(59)60)26-47(40)70/h9-12,25-26,28,30,35,38,42,48,52-53,73H,7-8,13-24,27,29,31-34H2,1-6H3,(H,61,78)(H,62,76)(H,65,74)/t38?,48-,52+/m0/s1. The Bertz CT molecular complexity index is 3060. The highest BCUT2D eigenvalue weighted by Gasteiger charge is 2.45. The van der Waals surface area contributed by atoms with Gasteiger partial charge in [0.1, 0.15) is 25.3 Å². The van der Waals surface area contributed by atoms with E-state index in [1.54, 1.807) is 58.4 Å². The number of nitrogens with one attached hydrogen (secondary N) is 3. The van der Waals surface area contributed by atoms with Crippen LogP contribution in [0.5, 0.6) is 0 Å². The number of aliphatic hydroxyl groups excluding tert-OH is 1. The summed E-state index contributed by atoms with van der Waals surface area (Å²) in [6, 6.07) is 9.30. The van der Waals surface area contributed by atoms with Crippen LogP contribution >= 0.6 is 11.3 Å². The summed E-state index contributed by atoms with van der Waals surface area (Å²) >= 11 is 1.57. The fourth-order valence-electron chi connectivity index (χ4n) is 11.5. The number of ether oxygens (including phenoxy) is 3. The molecular formula is C58H76F2N12O9S. The van der Waals surface area contributed by atoms with E-state index in [2.05, 4.69) is 30.7 Å². The number of carbonyl (C=O) groups excluding carboxylic acids is 5. The van der Waals surface area contributed by atoms with E-state index in [-0.39, 0.29) is 101 Å². The van der Waals surface area contributed by atoms with Crippen LogP contribution in [0.25, 0.3) is 21.6 Å². The average molecular weight is 1160 g/mol. The van der Waals surface area contributed by atoms with Gasteiger partial charge in [-0.05, 0) is 78.8 Å². The van der Waals surface area contributed by atoms with Crippen LogP contribution in [-0.4, -0.2) is 172 Å². The number of aryl methyl sites for hydroxylation is 3. The van der Waals surface area contributed by atoms with Gasteiger partial charge in [0, 0.05) is 107 Å². The van der Waals surface area contributed by atoms with Crippen LogP contribution in [0.2, 0.25) is 0 Å². The number of hydrogen-bond donors (Lipinski definition) is 4. The molecule has 21 nitrogen and oxygen atoms in total. The Morgan fingerprint density at radius 3 is 2.30 bits per heavy atom. The molecule has 7 heterocycles. The third kappa shape index (κ3) is 13.8. The van der Waals surface area contributed by atoms with Gasteiger partial charge in [0.05, 0.1) is 61.3 Å². The van der Waals surface area contributed by atoms with Crippen LogP contribution < -0.4 is 20.9 Å². The number of amides is 6. The number of halogens is 2. The van der Waals surface area contributed by atoms with E-state index in [1.807, 2.05) is 68.4 Å². The highest BCUT2D eigenvalue weighted by Crippen LogP contribution is 2.44. The summed E-state index contributed by atoms with van der Waals surface area (Å²) < 4.78 is 50.2. The van der Waals surface area contributed by atoms with Crippen molar-refractivity contribution in [3.8, 4) is 21.6 Å². The predicted molar refractivity (Wildman–Crippen MR) is 303 cm³/mol. The highest BCUT2D eigenvalue weighted by molar-refractivity contribution is 7.13. The fraction of sp³-hybridized carbons (Fsp3) is 0.552. The van der Waals surface area contributed by atoms with Crippen molar-refractivity contribution >= 4 is 52.5 Å². The van der Waals surface area contributed by atoms with Crippen molar-refractivity contribution in [2.75, 3.05) is 90.9 Å². The van der Waals surface area contributed by atoms with Crippen molar-refractivity contribution in [2.45, 2.75) is 104 Å². The molecule has 0 aliphatic carbocycles. The number of fused-ring (bicyclic) bond motifs is 2. The molecule has 24 heteroatoms. The van der Waals surface area contributed by atoms with Crippen molar-refractivity contribution in [1.29, 1.82) is 0 Å². The summed E-state index contributed by atoms with van der Waals surface area (Å²) in [5, 5.41) is 28.1. The molecule has 4 N–H and O–H groups in total. The topological polar surface area (TPSA) is 231 Å². The van der Waals surface area contributed by atoms with Gasteiger partial charge in [-0.15, -0.1) is 11.3 Å². The Morgan fingerprint density at radius 2 is 1.65 bits per heavy atom. The predicted octanol–water partition coefficient (Wildman–Crippen LogP) is 5.70. The first-order valence-electron chi connectivity index (χ1n) is 28.2. The summed E-state index contributed by atoms with van der Waals surface area (Å²) in [7, 11) is 3.36. The average Bonchev–Trinajstić information content (AvgIpc) is 3.35. The van der Waals surface area contributed by atoms with Gasteiger partial charge in [0.2, 0.25) is 23.6 Å². The van der Waals surface area contributed by atoms with Crippen LogP contribution in [-0.2, 0) is 66.4 Å². The highest BCUT2D eigenvalue weighted by atomic mass is 32.1. The smallest absolute Gasteiger partial charge is 0.317 e. The number of nitrogens with zero attached hydrogens (tertiary/aromatic N) is 9. The molecule has 0 spiro atoms. The normalized spacial score (nSPS) is 17.9.